The monoisotopic (exact) mass is 338 g/mol. The summed E-state index contributed by atoms with van der Waals surface area (Å²) < 4.78 is 2.23. The van der Waals surface area contributed by atoms with Crippen LogP contribution in [0.2, 0.25) is 0 Å². The highest BCUT2D eigenvalue weighted by atomic mass is 32.1. The maximum absolute atomic E-state index is 4.68. The normalized spacial score (nSPS) is 17.0. The van der Waals surface area contributed by atoms with Crippen LogP contribution in [0.4, 0.5) is 0 Å². The minimum atomic E-state index is 0.418. The Morgan fingerprint density at radius 2 is 2.17 bits per heavy atom. The predicted molar refractivity (Wildman–Crippen MR) is 97.1 cm³/mol. The fourth-order valence-corrected chi connectivity index (χ4v) is 4.47. The summed E-state index contributed by atoms with van der Waals surface area (Å²) in [7, 11) is 0. The molecule has 0 fully saturated rings. The van der Waals surface area contributed by atoms with Crippen molar-refractivity contribution in [3.63, 3.8) is 0 Å². The number of benzene rings is 1. The SMILES string of the molecule is Cc1nc2c(s1)[C@H](NCc1nccn1Cc1ccccc1)CCC2. The smallest absolute Gasteiger partial charge is 0.122 e. The van der Waals surface area contributed by atoms with E-state index in [1.54, 1.807) is 0 Å². The maximum Gasteiger partial charge on any atom is 0.122 e. The predicted octanol–water partition coefficient (Wildman–Crippen LogP) is 3.86. The molecule has 0 saturated carbocycles. The van der Waals surface area contributed by atoms with Gasteiger partial charge in [-0.15, -0.1) is 11.3 Å². The van der Waals surface area contributed by atoms with E-state index in [0.717, 1.165) is 25.3 Å². The largest absolute Gasteiger partial charge is 0.329 e. The lowest BCUT2D eigenvalue weighted by atomic mass is 9.98. The second kappa shape index (κ2) is 6.87. The van der Waals surface area contributed by atoms with Crippen molar-refractivity contribution in [3.05, 3.63) is 69.7 Å². The molecule has 24 heavy (non-hydrogen) atoms. The van der Waals surface area contributed by atoms with Gasteiger partial charge >= 0.3 is 0 Å². The second-order valence-electron chi connectivity index (χ2n) is 6.33. The van der Waals surface area contributed by atoms with Crippen LogP contribution >= 0.6 is 11.3 Å². The van der Waals surface area contributed by atoms with Gasteiger partial charge in [0.2, 0.25) is 0 Å². The molecule has 0 bridgehead atoms. The Morgan fingerprint density at radius 3 is 3.04 bits per heavy atom. The highest BCUT2D eigenvalue weighted by Crippen LogP contribution is 2.34. The Kier molecular flexibility index (Phi) is 4.45. The summed E-state index contributed by atoms with van der Waals surface area (Å²) in [5.41, 5.74) is 2.60. The van der Waals surface area contributed by atoms with Crippen LogP contribution in [0.25, 0.3) is 0 Å². The highest BCUT2D eigenvalue weighted by molar-refractivity contribution is 7.11. The fraction of sp³-hybridized carbons (Fsp3) is 0.368. The Bertz CT molecular complexity index is 806. The number of nitrogens with zero attached hydrogens (tertiary/aromatic N) is 3. The van der Waals surface area contributed by atoms with Gasteiger partial charge in [-0.3, -0.25) is 0 Å². The molecule has 1 aliphatic rings. The van der Waals surface area contributed by atoms with Crippen molar-refractivity contribution in [3.8, 4) is 0 Å². The van der Waals surface area contributed by atoms with E-state index in [4.69, 9.17) is 0 Å². The number of nitrogens with one attached hydrogen (secondary N) is 1. The quantitative estimate of drug-likeness (QED) is 0.768. The average molecular weight is 338 g/mol. The minimum Gasteiger partial charge on any atom is -0.329 e. The lowest BCUT2D eigenvalue weighted by Crippen LogP contribution is -2.25. The van der Waals surface area contributed by atoms with Gasteiger partial charge in [0.25, 0.3) is 0 Å². The molecule has 1 aromatic carbocycles. The van der Waals surface area contributed by atoms with Gasteiger partial charge in [0.1, 0.15) is 5.82 Å². The van der Waals surface area contributed by atoms with E-state index in [1.165, 1.54) is 34.0 Å². The average Bonchev–Trinajstić information content (AvgIpc) is 3.19. The first-order valence-electron chi connectivity index (χ1n) is 8.53. The number of aryl methyl sites for hydroxylation is 2. The minimum absolute atomic E-state index is 0.418. The van der Waals surface area contributed by atoms with Gasteiger partial charge in [-0.05, 0) is 31.7 Å². The molecule has 3 aromatic rings. The number of imidazole rings is 1. The van der Waals surface area contributed by atoms with Crippen LogP contribution in [0.15, 0.2) is 42.7 Å². The Hall–Kier alpha value is -1.98. The summed E-state index contributed by atoms with van der Waals surface area (Å²) in [6, 6.07) is 11.0. The molecule has 2 aromatic heterocycles. The molecule has 124 valence electrons. The van der Waals surface area contributed by atoms with Crippen LogP contribution in [0, 0.1) is 6.92 Å². The molecular formula is C19H22N4S. The van der Waals surface area contributed by atoms with Gasteiger partial charge in [-0.2, -0.15) is 0 Å². The third-order valence-corrected chi connectivity index (χ3v) is 5.69. The summed E-state index contributed by atoms with van der Waals surface area (Å²) in [6.07, 6.45) is 7.48. The number of aromatic nitrogens is 3. The van der Waals surface area contributed by atoms with Crippen molar-refractivity contribution in [1.82, 2.24) is 19.9 Å². The summed E-state index contributed by atoms with van der Waals surface area (Å²) in [5.74, 6) is 1.09. The van der Waals surface area contributed by atoms with E-state index in [1.807, 2.05) is 17.5 Å². The molecule has 2 heterocycles. The first-order valence-corrected chi connectivity index (χ1v) is 9.35. The molecule has 0 amide bonds. The van der Waals surface area contributed by atoms with Crippen molar-refractivity contribution in [2.45, 2.75) is 45.3 Å². The standard InChI is InChI=1S/C19H22N4S/c1-14-22-17-9-5-8-16(19(17)24-14)21-12-18-20-10-11-23(18)13-15-6-3-2-4-7-15/h2-4,6-7,10-11,16,21H,5,8-9,12-13H2,1H3/t16-/m1/s1. The van der Waals surface area contributed by atoms with E-state index in [-0.39, 0.29) is 0 Å². The van der Waals surface area contributed by atoms with E-state index in [9.17, 15) is 0 Å². The Labute approximate surface area is 146 Å². The molecule has 1 atom stereocenters. The molecule has 5 heteroatoms. The molecule has 0 saturated heterocycles. The van der Waals surface area contributed by atoms with Crippen LogP contribution in [0.1, 0.15) is 45.9 Å². The summed E-state index contributed by atoms with van der Waals surface area (Å²) in [6.45, 7) is 3.76. The van der Waals surface area contributed by atoms with Gasteiger partial charge in [-0.1, -0.05) is 30.3 Å². The van der Waals surface area contributed by atoms with Crippen LogP contribution in [0.5, 0.6) is 0 Å². The van der Waals surface area contributed by atoms with Crippen LogP contribution in [-0.4, -0.2) is 14.5 Å². The number of rotatable bonds is 5. The number of hydrogen-bond acceptors (Lipinski definition) is 4. The van der Waals surface area contributed by atoms with Crippen molar-refractivity contribution < 1.29 is 0 Å². The summed E-state index contributed by atoms with van der Waals surface area (Å²) >= 11 is 1.84. The topological polar surface area (TPSA) is 42.7 Å². The van der Waals surface area contributed by atoms with Gasteiger partial charge in [0.05, 0.1) is 17.2 Å². The van der Waals surface area contributed by atoms with Crippen molar-refractivity contribution in [2.75, 3.05) is 0 Å². The highest BCUT2D eigenvalue weighted by Gasteiger charge is 2.23. The maximum atomic E-state index is 4.68. The van der Waals surface area contributed by atoms with Crippen LogP contribution in [0.3, 0.4) is 0 Å². The Morgan fingerprint density at radius 1 is 1.29 bits per heavy atom. The molecule has 0 aliphatic heterocycles. The van der Waals surface area contributed by atoms with Gasteiger partial charge < -0.3 is 9.88 Å². The van der Waals surface area contributed by atoms with Crippen molar-refractivity contribution >= 4 is 11.3 Å². The molecule has 1 aliphatic carbocycles. The molecule has 4 rings (SSSR count). The van der Waals surface area contributed by atoms with Crippen molar-refractivity contribution in [1.29, 1.82) is 0 Å². The second-order valence-corrected chi connectivity index (χ2v) is 7.56. The van der Waals surface area contributed by atoms with Crippen LogP contribution < -0.4 is 5.32 Å². The molecule has 4 nitrogen and oxygen atoms in total. The molecule has 0 spiro atoms. The van der Waals surface area contributed by atoms with Gasteiger partial charge in [0, 0.05) is 29.9 Å². The number of thiazole rings is 1. The first kappa shape index (κ1) is 15.5. The number of hydrogen-bond donors (Lipinski definition) is 1. The molecular weight excluding hydrogens is 316 g/mol. The Balaban J connectivity index is 1.45. The zero-order valence-corrected chi connectivity index (χ0v) is 14.7. The zero-order valence-electron chi connectivity index (χ0n) is 13.9. The van der Waals surface area contributed by atoms with Gasteiger partial charge in [0.15, 0.2) is 0 Å². The first-order chi connectivity index (χ1) is 11.8. The fourth-order valence-electron chi connectivity index (χ4n) is 3.38. The van der Waals surface area contributed by atoms with E-state index in [0.29, 0.717) is 6.04 Å². The third-order valence-electron chi connectivity index (χ3n) is 4.56. The lowest BCUT2D eigenvalue weighted by molar-refractivity contribution is 0.452. The van der Waals surface area contributed by atoms with Crippen molar-refractivity contribution in [2.24, 2.45) is 0 Å². The third kappa shape index (κ3) is 3.28. The van der Waals surface area contributed by atoms with Gasteiger partial charge in [-0.25, -0.2) is 9.97 Å². The van der Waals surface area contributed by atoms with Crippen LogP contribution in [-0.2, 0) is 19.5 Å². The molecule has 0 unspecified atom stereocenters. The van der Waals surface area contributed by atoms with E-state index >= 15 is 0 Å². The summed E-state index contributed by atoms with van der Waals surface area (Å²) in [4.78, 5) is 10.7. The lowest BCUT2D eigenvalue weighted by Gasteiger charge is -2.22. The number of fused-ring (bicyclic) bond motifs is 1. The summed E-state index contributed by atoms with van der Waals surface area (Å²) in [5, 5.41) is 4.89. The van der Waals surface area contributed by atoms with E-state index in [2.05, 4.69) is 63.3 Å². The molecule has 0 radical (unpaired) electrons. The molecule has 1 N–H and O–H groups in total. The van der Waals surface area contributed by atoms with E-state index < -0.39 is 0 Å². The zero-order chi connectivity index (χ0) is 16.4.